The molecule has 1 aliphatic heterocycles. The molecule has 4 rings (SSSR count). The fourth-order valence-electron chi connectivity index (χ4n) is 3.88. The SMILES string of the molecule is CNOCc1ccc(-c2ccc3oc(C4CCN(C(=O)OC(C)C)CC4)nc3c2)cc1F. The zero-order valence-corrected chi connectivity index (χ0v) is 18.6. The number of hydrogen-bond acceptors (Lipinski definition) is 6. The van der Waals surface area contributed by atoms with Gasteiger partial charge in [-0.15, -0.1) is 0 Å². The predicted octanol–water partition coefficient (Wildman–Crippen LogP) is 5.01. The molecule has 0 saturated carbocycles. The van der Waals surface area contributed by atoms with E-state index < -0.39 is 0 Å². The number of carbonyl (C=O) groups is 1. The van der Waals surface area contributed by atoms with Gasteiger partial charge in [0.05, 0.1) is 12.7 Å². The van der Waals surface area contributed by atoms with Crippen molar-refractivity contribution in [3.63, 3.8) is 0 Å². The molecule has 170 valence electrons. The first-order chi connectivity index (χ1) is 15.4. The van der Waals surface area contributed by atoms with Gasteiger partial charge in [-0.05, 0) is 56.0 Å². The summed E-state index contributed by atoms with van der Waals surface area (Å²) in [6.07, 6.45) is 1.15. The van der Waals surface area contributed by atoms with Crippen LogP contribution in [0.1, 0.15) is 44.1 Å². The van der Waals surface area contributed by atoms with Crippen LogP contribution >= 0.6 is 0 Å². The number of halogens is 1. The van der Waals surface area contributed by atoms with E-state index in [4.69, 9.17) is 19.0 Å². The summed E-state index contributed by atoms with van der Waals surface area (Å²) < 4.78 is 25.7. The van der Waals surface area contributed by atoms with Crippen molar-refractivity contribution in [1.82, 2.24) is 15.4 Å². The van der Waals surface area contributed by atoms with Crippen LogP contribution in [0, 0.1) is 5.82 Å². The van der Waals surface area contributed by atoms with Gasteiger partial charge in [0.25, 0.3) is 0 Å². The third kappa shape index (κ3) is 4.92. The Morgan fingerprint density at radius 1 is 1.22 bits per heavy atom. The number of nitrogens with one attached hydrogen (secondary N) is 1. The Balaban J connectivity index is 1.47. The fraction of sp³-hybridized carbons (Fsp3) is 0.417. The molecule has 1 aliphatic rings. The summed E-state index contributed by atoms with van der Waals surface area (Å²) in [6, 6.07) is 10.8. The van der Waals surface area contributed by atoms with Crippen molar-refractivity contribution in [2.45, 2.75) is 45.3 Å². The molecule has 1 fully saturated rings. The van der Waals surface area contributed by atoms with Crippen LogP contribution < -0.4 is 5.48 Å². The van der Waals surface area contributed by atoms with Crippen LogP contribution in [0.25, 0.3) is 22.2 Å². The highest BCUT2D eigenvalue weighted by Gasteiger charge is 2.28. The Labute approximate surface area is 186 Å². The van der Waals surface area contributed by atoms with Crippen LogP contribution in [-0.2, 0) is 16.2 Å². The molecule has 0 bridgehead atoms. The number of carbonyl (C=O) groups excluding carboxylic acids is 1. The lowest BCUT2D eigenvalue weighted by molar-refractivity contribution is 0.0428. The topological polar surface area (TPSA) is 76.8 Å². The number of amides is 1. The average Bonchev–Trinajstić information content (AvgIpc) is 3.21. The minimum atomic E-state index is -0.318. The van der Waals surface area contributed by atoms with Crippen molar-refractivity contribution in [3.05, 3.63) is 53.7 Å². The Kier molecular flexibility index (Phi) is 6.72. The predicted molar refractivity (Wildman–Crippen MR) is 118 cm³/mol. The number of hydrogen-bond donors (Lipinski definition) is 1. The highest BCUT2D eigenvalue weighted by atomic mass is 19.1. The van der Waals surface area contributed by atoms with Gasteiger partial charge in [-0.25, -0.2) is 19.6 Å². The van der Waals surface area contributed by atoms with Crippen molar-refractivity contribution in [2.24, 2.45) is 0 Å². The Bertz CT molecular complexity index is 1090. The first-order valence-electron chi connectivity index (χ1n) is 10.9. The number of rotatable bonds is 6. The number of hydroxylamine groups is 1. The molecule has 7 nitrogen and oxygen atoms in total. The largest absolute Gasteiger partial charge is 0.447 e. The smallest absolute Gasteiger partial charge is 0.410 e. The van der Waals surface area contributed by atoms with Gasteiger partial charge >= 0.3 is 6.09 Å². The van der Waals surface area contributed by atoms with Crippen LogP contribution in [0.2, 0.25) is 0 Å². The second-order valence-electron chi connectivity index (χ2n) is 8.23. The van der Waals surface area contributed by atoms with E-state index >= 15 is 0 Å². The monoisotopic (exact) mass is 441 g/mol. The number of piperidine rings is 1. The molecule has 1 saturated heterocycles. The van der Waals surface area contributed by atoms with Gasteiger partial charge in [-0.3, -0.25) is 4.84 Å². The van der Waals surface area contributed by atoms with E-state index in [0.29, 0.717) is 30.1 Å². The third-order valence-corrected chi connectivity index (χ3v) is 5.60. The van der Waals surface area contributed by atoms with Gasteiger partial charge in [-0.1, -0.05) is 18.2 Å². The number of ether oxygens (including phenoxy) is 1. The van der Waals surface area contributed by atoms with Gasteiger partial charge in [0.1, 0.15) is 11.3 Å². The number of aromatic nitrogens is 1. The standard InChI is InChI=1S/C24H28FN3O4/c1-15(2)31-24(29)28-10-8-16(9-11-28)23-27-21-13-18(6-7-22(21)32-23)17-4-5-19(14-30-26-3)20(25)12-17/h4-7,12-13,15-16,26H,8-11,14H2,1-3H3. The molecule has 8 heteroatoms. The van der Waals surface area contributed by atoms with Gasteiger partial charge in [-0.2, -0.15) is 0 Å². The maximum Gasteiger partial charge on any atom is 0.410 e. The first-order valence-corrected chi connectivity index (χ1v) is 10.9. The summed E-state index contributed by atoms with van der Waals surface area (Å²) in [7, 11) is 1.64. The quantitative estimate of drug-likeness (QED) is 0.542. The molecular weight excluding hydrogens is 413 g/mol. The molecule has 0 atom stereocenters. The Hall–Kier alpha value is -2.97. The van der Waals surface area contributed by atoms with E-state index in [9.17, 15) is 9.18 Å². The number of oxazole rings is 1. The number of fused-ring (bicyclic) bond motifs is 1. The van der Waals surface area contributed by atoms with E-state index in [-0.39, 0.29) is 30.5 Å². The van der Waals surface area contributed by atoms with E-state index in [1.54, 1.807) is 18.0 Å². The van der Waals surface area contributed by atoms with Crippen molar-refractivity contribution in [2.75, 3.05) is 20.1 Å². The third-order valence-electron chi connectivity index (χ3n) is 5.60. The Morgan fingerprint density at radius 3 is 2.62 bits per heavy atom. The maximum atomic E-state index is 14.4. The minimum Gasteiger partial charge on any atom is -0.447 e. The molecule has 2 heterocycles. The number of nitrogens with zero attached hydrogens (tertiary/aromatic N) is 2. The summed E-state index contributed by atoms with van der Waals surface area (Å²) in [4.78, 5) is 23.6. The number of benzene rings is 2. The van der Waals surface area contributed by atoms with Crippen LogP contribution in [-0.4, -0.2) is 42.2 Å². The zero-order valence-electron chi connectivity index (χ0n) is 18.6. The second kappa shape index (κ2) is 9.67. The van der Waals surface area contributed by atoms with Crippen molar-refractivity contribution >= 4 is 17.2 Å². The van der Waals surface area contributed by atoms with E-state index in [1.165, 1.54) is 6.07 Å². The molecule has 0 radical (unpaired) electrons. The molecule has 32 heavy (non-hydrogen) atoms. The molecule has 1 aromatic heterocycles. The van der Waals surface area contributed by atoms with Crippen LogP contribution in [0.4, 0.5) is 9.18 Å². The summed E-state index contributed by atoms with van der Waals surface area (Å²) in [5, 5.41) is 0. The molecule has 1 amide bonds. The summed E-state index contributed by atoms with van der Waals surface area (Å²) in [5.41, 5.74) is 6.09. The fourth-order valence-corrected chi connectivity index (χ4v) is 3.88. The summed E-state index contributed by atoms with van der Waals surface area (Å²) >= 11 is 0. The Morgan fingerprint density at radius 2 is 1.94 bits per heavy atom. The van der Waals surface area contributed by atoms with Gasteiger partial charge in [0, 0.05) is 31.6 Å². The van der Waals surface area contributed by atoms with E-state index in [0.717, 1.165) is 29.5 Å². The van der Waals surface area contributed by atoms with Crippen molar-refractivity contribution in [1.29, 1.82) is 0 Å². The van der Waals surface area contributed by atoms with Gasteiger partial charge in [0.15, 0.2) is 11.5 Å². The van der Waals surface area contributed by atoms with Crippen molar-refractivity contribution in [3.8, 4) is 11.1 Å². The van der Waals surface area contributed by atoms with Crippen molar-refractivity contribution < 1.29 is 23.2 Å². The summed E-state index contributed by atoms with van der Waals surface area (Å²) in [6.45, 7) is 5.07. The van der Waals surface area contributed by atoms with E-state index in [2.05, 4.69) is 5.48 Å². The van der Waals surface area contributed by atoms with E-state index in [1.807, 2.05) is 38.1 Å². The normalized spacial score (nSPS) is 15.0. The highest BCUT2D eigenvalue weighted by molar-refractivity contribution is 5.80. The maximum absolute atomic E-state index is 14.4. The van der Waals surface area contributed by atoms with Gasteiger partial charge in [0.2, 0.25) is 0 Å². The van der Waals surface area contributed by atoms with Crippen LogP contribution in [0.5, 0.6) is 0 Å². The molecule has 1 N–H and O–H groups in total. The summed E-state index contributed by atoms with van der Waals surface area (Å²) in [5.74, 6) is 0.513. The molecule has 0 unspecified atom stereocenters. The van der Waals surface area contributed by atoms with Crippen LogP contribution in [0.15, 0.2) is 40.8 Å². The molecule has 0 aliphatic carbocycles. The lowest BCUT2D eigenvalue weighted by atomic mass is 9.97. The molecule has 3 aromatic rings. The lowest BCUT2D eigenvalue weighted by Gasteiger charge is -2.30. The lowest BCUT2D eigenvalue weighted by Crippen LogP contribution is -2.39. The second-order valence-corrected chi connectivity index (χ2v) is 8.23. The molecule has 2 aromatic carbocycles. The molecular formula is C24H28FN3O4. The first kappa shape index (κ1) is 22.2. The minimum absolute atomic E-state index is 0.127. The molecule has 0 spiro atoms. The average molecular weight is 442 g/mol. The van der Waals surface area contributed by atoms with Crippen LogP contribution in [0.3, 0.4) is 0 Å². The van der Waals surface area contributed by atoms with Gasteiger partial charge < -0.3 is 14.1 Å². The highest BCUT2D eigenvalue weighted by Crippen LogP contribution is 2.32. The number of likely N-dealkylation sites (tertiary alicyclic amines) is 1. The zero-order chi connectivity index (χ0) is 22.7.